The molecule has 0 bridgehead atoms. The van der Waals surface area contributed by atoms with Crippen LogP contribution in [0.5, 0.6) is 5.75 Å². The molecule has 32 heavy (non-hydrogen) atoms. The molecule has 1 aliphatic heterocycles. The van der Waals surface area contributed by atoms with Crippen LogP contribution in [0.25, 0.3) is 11.5 Å². The first-order valence-corrected chi connectivity index (χ1v) is 11.4. The Morgan fingerprint density at radius 3 is 2.56 bits per heavy atom. The normalized spacial score (nSPS) is 15.4. The van der Waals surface area contributed by atoms with Crippen molar-refractivity contribution < 1.29 is 26.8 Å². The van der Waals surface area contributed by atoms with Crippen LogP contribution in [0.2, 0.25) is 0 Å². The van der Waals surface area contributed by atoms with E-state index in [1.54, 1.807) is 31.4 Å². The lowest BCUT2D eigenvalue weighted by atomic mass is 9.97. The van der Waals surface area contributed by atoms with Gasteiger partial charge in [0.1, 0.15) is 11.6 Å². The van der Waals surface area contributed by atoms with Crippen LogP contribution < -0.4 is 10.1 Å². The Hall–Kier alpha value is -3.31. The first kappa shape index (κ1) is 21.9. The fourth-order valence-electron chi connectivity index (χ4n) is 3.47. The van der Waals surface area contributed by atoms with Gasteiger partial charge in [0.2, 0.25) is 21.8 Å². The van der Waals surface area contributed by atoms with Crippen LogP contribution in [0.15, 0.2) is 57.8 Å². The van der Waals surface area contributed by atoms with Gasteiger partial charge < -0.3 is 9.15 Å². The predicted molar refractivity (Wildman–Crippen MR) is 113 cm³/mol. The zero-order valence-electron chi connectivity index (χ0n) is 17.2. The second-order valence-corrected chi connectivity index (χ2v) is 9.20. The highest BCUT2D eigenvalue weighted by Crippen LogP contribution is 2.27. The van der Waals surface area contributed by atoms with Crippen molar-refractivity contribution in [3.8, 4) is 17.2 Å². The molecule has 9 nitrogen and oxygen atoms in total. The van der Waals surface area contributed by atoms with Crippen LogP contribution in [0, 0.1) is 11.7 Å². The molecule has 2 heterocycles. The second-order valence-electron chi connectivity index (χ2n) is 7.27. The largest absolute Gasteiger partial charge is 0.497 e. The molecule has 1 fully saturated rings. The molecular weight excluding hydrogens is 439 g/mol. The van der Waals surface area contributed by atoms with Crippen LogP contribution in [0.3, 0.4) is 0 Å². The molecule has 1 amide bonds. The smallest absolute Gasteiger partial charge is 0.322 e. The summed E-state index contributed by atoms with van der Waals surface area (Å²) in [6, 6.07) is 11.7. The van der Waals surface area contributed by atoms with Gasteiger partial charge in [0.25, 0.3) is 0 Å². The third-order valence-corrected chi connectivity index (χ3v) is 7.16. The second kappa shape index (κ2) is 9.05. The summed E-state index contributed by atoms with van der Waals surface area (Å²) in [6.45, 7) is 0.355. The van der Waals surface area contributed by atoms with E-state index >= 15 is 0 Å². The molecule has 1 N–H and O–H groups in total. The van der Waals surface area contributed by atoms with Crippen molar-refractivity contribution in [3.05, 3.63) is 54.3 Å². The minimum Gasteiger partial charge on any atom is -0.497 e. The zero-order valence-corrected chi connectivity index (χ0v) is 18.0. The molecule has 2 aromatic carbocycles. The number of hydrogen-bond donors (Lipinski definition) is 1. The number of nitrogens with zero attached hydrogens (tertiary/aromatic N) is 3. The molecule has 0 aliphatic carbocycles. The maximum atomic E-state index is 13.1. The van der Waals surface area contributed by atoms with Gasteiger partial charge >= 0.3 is 6.01 Å². The number of hydrogen-bond acceptors (Lipinski definition) is 7. The van der Waals surface area contributed by atoms with Gasteiger partial charge in [0, 0.05) is 24.6 Å². The van der Waals surface area contributed by atoms with E-state index in [0.717, 1.165) is 12.1 Å². The molecule has 0 spiro atoms. The Balaban J connectivity index is 1.36. The SMILES string of the molecule is COc1cccc(-c2nnc(NC(=O)C3CCN(S(=O)(=O)c4ccc(F)cc4)CC3)o2)c1. The number of anilines is 1. The van der Waals surface area contributed by atoms with Crippen molar-refractivity contribution in [1.82, 2.24) is 14.5 Å². The lowest BCUT2D eigenvalue weighted by Crippen LogP contribution is -2.41. The van der Waals surface area contributed by atoms with Crippen LogP contribution in [-0.2, 0) is 14.8 Å². The molecule has 0 saturated carbocycles. The number of carbonyl (C=O) groups excluding carboxylic acids is 1. The fourth-order valence-corrected chi connectivity index (χ4v) is 4.94. The molecular formula is C21H21FN4O5S. The van der Waals surface area contributed by atoms with Gasteiger partial charge in [-0.25, -0.2) is 12.8 Å². The number of halogens is 1. The van der Waals surface area contributed by atoms with E-state index in [0.29, 0.717) is 24.2 Å². The fraction of sp³-hybridized carbons (Fsp3) is 0.286. The number of sulfonamides is 1. The van der Waals surface area contributed by atoms with E-state index in [9.17, 15) is 17.6 Å². The molecule has 1 aliphatic rings. The van der Waals surface area contributed by atoms with Gasteiger partial charge in [-0.05, 0) is 55.3 Å². The Bertz CT molecular complexity index is 1200. The lowest BCUT2D eigenvalue weighted by molar-refractivity contribution is -0.121. The Kier molecular flexibility index (Phi) is 6.19. The Morgan fingerprint density at radius 1 is 1.16 bits per heavy atom. The molecule has 1 saturated heterocycles. The average molecular weight is 460 g/mol. The first-order chi connectivity index (χ1) is 15.4. The van der Waals surface area contributed by atoms with Gasteiger partial charge in [0.15, 0.2) is 0 Å². The lowest BCUT2D eigenvalue weighted by Gasteiger charge is -2.30. The third kappa shape index (κ3) is 4.63. The number of benzene rings is 2. The van der Waals surface area contributed by atoms with Gasteiger partial charge in [-0.15, -0.1) is 5.10 Å². The van der Waals surface area contributed by atoms with E-state index in [1.807, 2.05) is 0 Å². The number of ether oxygens (including phenoxy) is 1. The summed E-state index contributed by atoms with van der Waals surface area (Å²) in [5.41, 5.74) is 0.650. The molecule has 0 unspecified atom stereocenters. The van der Waals surface area contributed by atoms with Crippen molar-refractivity contribution in [2.75, 3.05) is 25.5 Å². The van der Waals surface area contributed by atoms with Crippen molar-refractivity contribution >= 4 is 21.9 Å². The summed E-state index contributed by atoms with van der Waals surface area (Å²) < 4.78 is 50.5. The summed E-state index contributed by atoms with van der Waals surface area (Å²) in [6.07, 6.45) is 0.673. The first-order valence-electron chi connectivity index (χ1n) is 9.91. The van der Waals surface area contributed by atoms with Gasteiger partial charge in [0.05, 0.1) is 12.0 Å². The number of amides is 1. The van der Waals surface area contributed by atoms with Gasteiger partial charge in [-0.1, -0.05) is 11.2 Å². The highest BCUT2D eigenvalue weighted by atomic mass is 32.2. The van der Waals surface area contributed by atoms with Crippen molar-refractivity contribution in [2.45, 2.75) is 17.7 Å². The number of nitrogens with one attached hydrogen (secondary N) is 1. The average Bonchev–Trinajstić information content (AvgIpc) is 3.28. The maximum absolute atomic E-state index is 13.1. The molecule has 168 valence electrons. The highest BCUT2D eigenvalue weighted by Gasteiger charge is 2.32. The summed E-state index contributed by atoms with van der Waals surface area (Å²) in [5.74, 6) is -0.352. The van der Waals surface area contributed by atoms with Crippen molar-refractivity contribution in [3.63, 3.8) is 0 Å². The zero-order chi connectivity index (χ0) is 22.7. The number of aromatic nitrogens is 2. The highest BCUT2D eigenvalue weighted by molar-refractivity contribution is 7.89. The monoisotopic (exact) mass is 460 g/mol. The van der Waals surface area contributed by atoms with E-state index < -0.39 is 21.8 Å². The van der Waals surface area contributed by atoms with E-state index in [1.165, 1.54) is 16.4 Å². The van der Waals surface area contributed by atoms with E-state index in [2.05, 4.69) is 15.5 Å². The minimum atomic E-state index is -3.74. The molecule has 0 atom stereocenters. The van der Waals surface area contributed by atoms with Crippen LogP contribution in [-0.4, -0.2) is 49.0 Å². The quantitative estimate of drug-likeness (QED) is 0.601. The summed E-state index contributed by atoms with van der Waals surface area (Å²) in [4.78, 5) is 12.6. The standard InChI is InChI=1S/C21H21FN4O5S/c1-30-17-4-2-3-15(13-17)20-24-25-21(31-20)23-19(27)14-9-11-26(12-10-14)32(28,29)18-7-5-16(22)6-8-18/h2-8,13-14H,9-12H2,1H3,(H,23,25,27). The summed E-state index contributed by atoms with van der Waals surface area (Å²) >= 11 is 0. The van der Waals surface area contributed by atoms with Gasteiger partial charge in [-0.3, -0.25) is 10.1 Å². The number of rotatable bonds is 6. The molecule has 11 heteroatoms. The van der Waals surface area contributed by atoms with Crippen LogP contribution in [0.1, 0.15) is 12.8 Å². The van der Waals surface area contributed by atoms with Gasteiger partial charge in [-0.2, -0.15) is 4.31 Å². The third-order valence-electron chi connectivity index (χ3n) is 5.25. The molecule has 1 aromatic heterocycles. The number of carbonyl (C=O) groups is 1. The van der Waals surface area contributed by atoms with Crippen molar-refractivity contribution in [1.29, 1.82) is 0 Å². The predicted octanol–water partition coefficient (Wildman–Crippen LogP) is 2.92. The summed E-state index contributed by atoms with van der Waals surface area (Å²) in [7, 11) is -2.19. The minimum absolute atomic E-state index is 0.0257. The summed E-state index contributed by atoms with van der Waals surface area (Å²) in [5, 5.41) is 10.4. The van der Waals surface area contributed by atoms with E-state index in [-0.39, 0.29) is 35.8 Å². The molecule has 4 rings (SSSR count). The Labute approximate surface area is 184 Å². The number of piperidine rings is 1. The van der Waals surface area contributed by atoms with Crippen LogP contribution >= 0.6 is 0 Å². The molecule has 0 radical (unpaired) electrons. The Morgan fingerprint density at radius 2 is 1.88 bits per heavy atom. The number of methoxy groups -OCH3 is 1. The molecule has 3 aromatic rings. The maximum Gasteiger partial charge on any atom is 0.322 e. The topological polar surface area (TPSA) is 115 Å². The van der Waals surface area contributed by atoms with Crippen molar-refractivity contribution in [2.24, 2.45) is 5.92 Å². The van der Waals surface area contributed by atoms with E-state index in [4.69, 9.17) is 9.15 Å². The van der Waals surface area contributed by atoms with Crippen LogP contribution in [0.4, 0.5) is 10.4 Å².